The van der Waals surface area contributed by atoms with Gasteiger partial charge in [0.15, 0.2) is 11.4 Å². The minimum atomic E-state index is -0.404. The van der Waals surface area contributed by atoms with Crippen molar-refractivity contribution in [2.24, 2.45) is 0 Å². The molecule has 0 unspecified atom stereocenters. The van der Waals surface area contributed by atoms with E-state index in [4.69, 9.17) is 9.47 Å². The molecule has 7 heteroatoms. The quantitative estimate of drug-likeness (QED) is 0.784. The predicted molar refractivity (Wildman–Crippen MR) is 88.3 cm³/mol. The molecule has 0 aliphatic heterocycles. The van der Waals surface area contributed by atoms with E-state index in [2.05, 4.69) is 10.4 Å². The molecule has 2 aromatic rings. The number of nitrogens with zero attached hydrogens (tertiary/aromatic N) is 2. The smallest absolute Gasteiger partial charge is 0.307 e. The Hall–Kier alpha value is -2.83. The number of methoxy groups -OCH3 is 1. The first-order valence-electron chi connectivity index (χ1n) is 7.68. The summed E-state index contributed by atoms with van der Waals surface area (Å²) in [5.74, 6) is -0.396. The van der Waals surface area contributed by atoms with Crippen molar-refractivity contribution in [3.8, 4) is 11.4 Å². The zero-order valence-corrected chi connectivity index (χ0v) is 14.0. The van der Waals surface area contributed by atoms with Crippen molar-refractivity contribution in [2.75, 3.05) is 13.7 Å². The molecule has 0 saturated carbocycles. The first kappa shape index (κ1) is 17.5. The lowest BCUT2D eigenvalue weighted by atomic mass is 10.3. The first-order valence-corrected chi connectivity index (χ1v) is 7.68. The maximum atomic E-state index is 12.3. The fourth-order valence-corrected chi connectivity index (χ4v) is 2.06. The van der Waals surface area contributed by atoms with Gasteiger partial charge < -0.3 is 14.8 Å². The fourth-order valence-electron chi connectivity index (χ4n) is 2.06. The van der Waals surface area contributed by atoms with E-state index in [1.54, 1.807) is 24.7 Å². The van der Waals surface area contributed by atoms with Crippen molar-refractivity contribution in [1.82, 2.24) is 15.1 Å². The SMILES string of the molecule is COc1cn(-c2ccccc2)nc1C(=O)NCCC(=O)OC(C)C. The van der Waals surface area contributed by atoms with Crippen LogP contribution in [0.15, 0.2) is 36.5 Å². The maximum absolute atomic E-state index is 12.3. The van der Waals surface area contributed by atoms with Crippen LogP contribution in [0, 0.1) is 0 Å². The molecule has 0 aliphatic carbocycles. The van der Waals surface area contributed by atoms with Crippen molar-refractivity contribution < 1.29 is 19.1 Å². The third kappa shape index (κ3) is 4.58. The molecule has 0 fully saturated rings. The normalized spacial score (nSPS) is 10.5. The highest BCUT2D eigenvalue weighted by atomic mass is 16.5. The lowest BCUT2D eigenvalue weighted by molar-refractivity contribution is -0.147. The van der Waals surface area contributed by atoms with Crippen LogP contribution >= 0.6 is 0 Å². The van der Waals surface area contributed by atoms with E-state index in [9.17, 15) is 9.59 Å². The van der Waals surface area contributed by atoms with Crippen LogP contribution in [-0.2, 0) is 9.53 Å². The monoisotopic (exact) mass is 331 g/mol. The van der Waals surface area contributed by atoms with Gasteiger partial charge in [0.1, 0.15) is 0 Å². The zero-order valence-electron chi connectivity index (χ0n) is 14.0. The molecule has 1 N–H and O–H groups in total. The van der Waals surface area contributed by atoms with Crippen molar-refractivity contribution in [3.63, 3.8) is 0 Å². The Morgan fingerprint density at radius 2 is 1.96 bits per heavy atom. The molecule has 0 atom stereocenters. The van der Waals surface area contributed by atoms with Crippen molar-refractivity contribution in [1.29, 1.82) is 0 Å². The third-order valence-corrected chi connectivity index (χ3v) is 3.12. The Balaban J connectivity index is 2.01. The standard InChI is InChI=1S/C17H21N3O4/c1-12(2)24-15(21)9-10-18-17(22)16-14(23-3)11-20(19-16)13-7-5-4-6-8-13/h4-8,11-12H,9-10H2,1-3H3,(H,18,22). The van der Waals surface area contributed by atoms with Crippen LogP contribution in [0.1, 0.15) is 30.8 Å². The molecule has 0 bridgehead atoms. The summed E-state index contributed by atoms with van der Waals surface area (Å²) in [5.41, 5.74) is 0.981. The van der Waals surface area contributed by atoms with Gasteiger partial charge in [-0.3, -0.25) is 9.59 Å². The van der Waals surface area contributed by atoms with Crippen molar-refractivity contribution in [3.05, 3.63) is 42.2 Å². The summed E-state index contributed by atoms with van der Waals surface area (Å²) in [6.45, 7) is 3.72. The Morgan fingerprint density at radius 3 is 2.58 bits per heavy atom. The van der Waals surface area contributed by atoms with Crippen LogP contribution in [0.5, 0.6) is 5.75 Å². The van der Waals surface area contributed by atoms with E-state index in [0.29, 0.717) is 5.75 Å². The molecule has 2 rings (SSSR count). The fraction of sp³-hybridized carbons (Fsp3) is 0.353. The topological polar surface area (TPSA) is 82.5 Å². The molecule has 0 spiro atoms. The number of esters is 1. The lowest BCUT2D eigenvalue weighted by Gasteiger charge is -2.08. The highest BCUT2D eigenvalue weighted by Crippen LogP contribution is 2.19. The second kappa shape index (κ2) is 8.14. The molecule has 1 amide bonds. The highest BCUT2D eigenvalue weighted by molar-refractivity contribution is 5.95. The second-order valence-electron chi connectivity index (χ2n) is 5.37. The Bertz CT molecular complexity index is 695. The van der Waals surface area contributed by atoms with Crippen LogP contribution in [0.25, 0.3) is 5.69 Å². The average molecular weight is 331 g/mol. The van der Waals surface area contributed by atoms with Crippen LogP contribution in [0.4, 0.5) is 0 Å². The molecular formula is C17H21N3O4. The van der Waals surface area contributed by atoms with E-state index >= 15 is 0 Å². The maximum Gasteiger partial charge on any atom is 0.307 e. The number of aromatic nitrogens is 2. The van der Waals surface area contributed by atoms with Gasteiger partial charge in [0, 0.05) is 6.54 Å². The molecular weight excluding hydrogens is 310 g/mol. The predicted octanol–water partition coefficient (Wildman–Crippen LogP) is 1.95. The van der Waals surface area contributed by atoms with Gasteiger partial charge >= 0.3 is 5.97 Å². The minimum Gasteiger partial charge on any atom is -0.493 e. The van der Waals surface area contributed by atoms with Crippen LogP contribution in [0.3, 0.4) is 0 Å². The van der Waals surface area contributed by atoms with E-state index in [-0.39, 0.29) is 30.7 Å². The highest BCUT2D eigenvalue weighted by Gasteiger charge is 2.18. The van der Waals surface area contributed by atoms with Gasteiger partial charge in [-0.1, -0.05) is 18.2 Å². The number of benzene rings is 1. The number of ether oxygens (including phenoxy) is 2. The van der Waals surface area contributed by atoms with Gasteiger partial charge in [-0.25, -0.2) is 4.68 Å². The molecule has 7 nitrogen and oxygen atoms in total. The molecule has 1 heterocycles. The summed E-state index contributed by atoms with van der Waals surface area (Å²) in [7, 11) is 1.48. The molecule has 128 valence electrons. The molecule has 0 saturated heterocycles. The second-order valence-corrected chi connectivity index (χ2v) is 5.37. The summed E-state index contributed by atoms with van der Waals surface area (Å²) in [5, 5.41) is 6.91. The average Bonchev–Trinajstić information content (AvgIpc) is 2.99. The van der Waals surface area contributed by atoms with E-state index < -0.39 is 5.91 Å². The van der Waals surface area contributed by atoms with Crippen LogP contribution in [0.2, 0.25) is 0 Å². The number of amides is 1. The van der Waals surface area contributed by atoms with Crippen LogP contribution in [-0.4, -0.2) is 41.4 Å². The van der Waals surface area contributed by atoms with Gasteiger partial charge in [0.05, 0.1) is 31.5 Å². The molecule has 1 aromatic carbocycles. The third-order valence-electron chi connectivity index (χ3n) is 3.12. The lowest BCUT2D eigenvalue weighted by Crippen LogP contribution is -2.28. The van der Waals surface area contributed by atoms with Crippen LogP contribution < -0.4 is 10.1 Å². The van der Waals surface area contributed by atoms with E-state index in [0.717, 1.165) is 5.69 Å². The van der Waals surface area contributed by atoms with Gasteiger partial charge in [-0.2, -0.15) is 5.10 Å². The summed E-state index contributed by atoms with van der Waals surface area (Å²) >= 11 is 0. The number of carbonyl (C=O) groups is 2. The Morgan fingerprint density at radius 1 is 1.25 bits per heavy atom. The number of carbonyl (C=O) groups excluding carboxylic acids is 2. The first-order chi connectivity index (χ1) is 11.5. The van der Waals surface area contributed by atoms with Gasteiger partial charge in [-0.05, 0) is 26.0 Å². The summed E-state index contributed by atoms with van der Waals surface area (Å²) < 4.78 is 11.8. The summed E-state index contributed by atoms with van der Waals surface area (Å²) in [4.78, 5) is 23.7. The molecule has 1 aromatic heterocycles. The number of rotatable bonds is 7. The Kier molecular flexibility index (Phi) is 5.95. The minimum absolute atomic E-state index is 0.103. The number of nitrogens with one attached hydrogen (secondary N) is 1. The summed E-state index contributed by atoms with van der Waals surface area (Å²) in [6, 6.07) is 9.40. The van der Waals surface area contributed by atoms with E-state index in [1.807, 2.05) is 30.3 Å². The molecule has 24 heavy (non-hydrogen) atoms. The summed E-state index contributed by atoms with van der Waals surface area (Å²) in [6.07, 6.45) is 1.57. The van der Waals surface area contributed by atoms with Gasteiger partial charge in [-0.15, -0.1) is 0 Å². The van der Waals surface area contributed by atoms with Gasteiger partial charge in [0.2, 0.25) is 0 Å². The largest absolute Gasteiger partial charge is 0.493 e. The Labute approximate surface area is 140 Å². The van der Waals surface area contributed by atoms with Crippen molar-refractivity contribution in [2.45, 2.75) is 26.4 Å². The van der Waals surface area contributed by atoms with Gasteiger partial charge in [0.25, 0.3) is 5.91 Å². The number of hydrogen-bond donors (Lipinski definition) is 1. The number of hydrogen-bond acceptors (Lipinski definition) is 5. The molecule has 0 radical (unpaired) electrons. The zero-order chi connectivity index (χ0) is 17.5. The number of para-hydroxylation sites is 1. The van der Waals surface area contributed by atoms with E-state index in [1.165, 1.54) is 7.11 Å². The van der Waals surface area contributed by atoms with Crippen molar-refractivity contribution >= 4 is 11.9 Å². The molecule has 0 aliphatic rings.